The predicted molar refractivity (Wildman–Crippen MR) is 64.1 cm³/mol. The number of hydrogen-bond donors (Lipinski definition) is 1. The lowest BCUT2D eigenvalue weighted by Crippen LogP contribution is -2.51. The van der Waals surface area contributed by atoms with Gasteiger partial charge in [-0.15, -0.1) is 0 Å². The van der Waals surface area contributed by atoms with Gasteiger partial charge in [0.05, 0.1) is 0 Å². The smallest absolute Gasteiger partial charge is 0.353 e. The molecule has 96 valence electrons. The fourth-order valence-corrected chi connectivity index (χ4v) is 2.49. The number of likely N-dealkylation sites (tertiary alicyclic amines) is 1. The molecule has 0 aliphatic carbocycles. The van der Waals surface area contributed by atoms with Gasteiger partial charge >= 0.3 is 5.97 Å². The Morgan fingerprint density at radius 3 is 2.41 bits per heavy atom. The number of piperidine rings is 1. The highest BCUT2D eigenvalue weighted by Crippen LogP contribution is 2.36. The number of aliphatic carboxylic acids is 1. The first-order valence-corrected chi connectivity index (χ1v) is 6.06. The Hall–Kier alpha value is -1.10. The van der Waals surface area contributed by atoms with Gasteiger partial charge in [-0.1, -0.05) is 5.16 Å². The summed E-state index contributed by atoms with van der Waals surface area (Å²) in [6.45, 7) is 8.46. The van der Waals surface area contributed by atoms with Crippen LogP contribution >= 0.6 is 0 Å². The maximum Gasteiger partial charge on any atom is 0.353 e. The van der Waals surface area contributed by atoms with Gasteiger partial charge < -0.3 is 9.94 Å². The summed E-state index contributed by atoms with van der Waals surface area (Å²) >= 11 is 0. The van der Waals surface area contributed by atoms with Gasteiger partial charge in [0.25, 0.3) is 0 Å². The van der Waals surface area contributed by atoms with Crippen LogP contribution in [0.2, 0.25) is 0 Å². The minimum absolute atomic E-state index is 0.161. The van der Waals surface area contributed by atoms with Crippen molar-refractivity contribution in [1.82, 2.24) is 4.90 Å². The Kier molecular flexibility index (Phi) is 2.89. The molecule has 0 saturated carbocycles. The number of rotatable bonds is 1. The number of carboxylic acids is 1. The summed E-state index contributed by atoms with van der Waals surface area (Å²) in [5.74, 6) is -0.958. The van der Waals surface area contributed by atoms with E-state index in [1.165, 1.54) is 0 Å². The molecule has 0 amide bonds. The summed E-state index contributed by atoms with van der Waals surface area (Å²) in [6, 6.07) is 0. The summed E-state index contributed by atoms with van der Waals surface area (Å²) in [5, 5.41) is 12.6. The van der Waals surface area contributed by atoms with Crippen LogP contribution in [0.15, 0.2) is 5.16 Å². The molecule has 5 nitrogen and oxygen atoms in total. The van der Waals surface area contributed by atoms with Crippen LogP contribution in [-0.4, -0.2) is 45.9 Å². The zero-order chi connectivity index (χ0) is 12.7. The molecule has 5 heteroatoms. The SMILES string of the molecule is CC(C)(C)N1CCC2(CC1)CC(C(=O)O)=NO2. The Labute approximate surface area is 101 Å². The molecule has 0 aromatic rings. The highest BCUT2D eigenvalue weighted by Gasteiger charge is 2.45. The van der Waals surface area contributed by atoms with Crippen molar-refractivity contribution in [2.75, 3.05) is 13.1 Å². The standard InChI is InChI=1S/C12H20N2O3/c1-11(2,3)14-6-4-12(5-7-14)8-9(10(15)16)13-17-12/h4-8H2,1-3H3,(H,15,16). The minimum Gasteiger partial charge on any atom is -0.477 e. The van der Waals surface area contributed by atoms with Crippen molar-refractivity contribution in [2.45, 2.75) is 51.2 Å². The zero-order valence-corrected chi connectivity index (χ0v) is 10.7. The first-order chi connectivity index (χ1) is 7.82. The lowest BCUT2D eigenvalue weighted by molar-refractivity contribution is -0.129. The van der Waals surface area contributed by atoms with E-state index in [4.69, 9.17) is 9.94 Å². The zero-order valence-electron chi connectivity index (χ0n) is 10.7. The van der Waals surface area contributed by atoms with Gasteiger partial charge in [0.2, 0.25) is 0 Å². The Bertz CT molecular complexity index is 349. The molecule has 0 unspecified atom stereocenters. The van der Waals surface area contributed by atoms with Gasteiger partial charge in [0.1, 0.15) is 5.60 Å². The molecule has 0 atom stereocenters. The van der Waals surface area contributed by atoms with Gasteiger partial charge in [-0.25, -0.2) is 4.79 Å². The van der Waals surface area contributed by atoms with Crippen LogP contribution in [0.3, 0.4) is 0 Å². The maximum absolute atomic E-state index is 10.8. The van der Waals surface area contributed by atoms with E-state index in [-0.39, 0.29) is 16.9 Å². The fourth-order valence-electron chi connectivity index (χ4n) is 2.49. The summed E-state index contributed by atoms with van der Waals surface area (Å²) in [5.41, 5.74) is -0.0270. The number of hydrogen-bond acceptors (Lipinski definition) is 4. The van der Waals surface area contributed by atoms with Crippen molar-refractivity contribution in [3.05, 3.63) is 0 Å². The fraction of sp³-hybridized carbons (Fsp3) is 0.833. The third-order valence-corrected chi connectivity index (χ3v) is 3.71. The quantitative estimate of drug-likeness (QED) is 0.754. The first-order valence-electron chi connectivity index (χ1n) is 6.06. The molecule has 17 heavy (non-hydrogen) atoms. The largest absolute Gasteiger partial charge is 0.477 e. The normalized spacial score (nSPS) is 24.5. The summed E-state index contributed by atoms with van der Waals surface area (Å²) in [6.07, 6.45) is 2.15. The molecule has 2 aliphatic heterocycles. The Morgan fingerprint density at radius 1 is 1.41 bits per heavy atom. The van der Waals surface area contributed by atoms with Gasteiger partial charge in [0, 0.05) is 37.9 Å². The van der Waals surface area contributed by atoms with Crippen LogP contribution in [0.5, 0.6) is 0 Å². The average Bonchev–Trinajstić information content (AvgIpc) is 2.62. The molecule has 0 radical (unpaired) electrons. The molecule has 0 aromatic carbocycles. The van der Waals surface area contributed by atoms with Gasteiger partial charge in [-0.3, -0.25) is 4.90 Å². The molecular weight excluding hydrogens is 220 g/mol. The molecule has 0 aromatic heterocycles. The van der Waals surface area contributed by atoms with Gasteiger partial charge in [-0.2, -0.15) is 0 Å². The van der Waals surface area contributed by atoms with E-state index in [1.54, 1.807) is 0 Å². The van der Waals surface area contributed by atoms with Crippen LogP contribution in [-0.2, 0) is 9.63 Å². The van der Waals surface area contributed by atoms with E-state index < -0.39 is 5.97 Å². The first kappa shape index (κ1) is 12.4. The van der Waals surface area contributed by atoms with Crippen LogP contribution in [0.1, 0.15) is 40.0 Å². The predicted octanol–water partition coefficient (Wildman–Crippen LogP) is 1.48. The number of nitrogens with zero attached hydrogens (tertiary/aromatic N) is 2. The second kappa shape index (κ2) is 3.98. The molecule has 1 fully saturated rings. The lowest BCUT2D eigenvalue weighted by atomic mass is 9.85. The van der Waals surface area contributed by atoms with E-state index in [2.05, 4.69) is 30.8 Å². The van der Waals surface area contributed by atoms with Crippen LogP contribution in [0.4, 0.5) is 0 Å². The highest BCUT2D eigenvalue weighted by atomic mass is 16.7. The topological polar surface area (TPSA) is 62.1 Å². The van der Waals surface area contributed by atoms with Crippen molar-refractivity contribution in [3.8, 4) is 0 Å². The van der Waals surface area contributed by atoms with E-state index in [1.807, 2.05) is 0 Å². The van der Waals surface area contributed by atoms with Crippen molar-refractivity contribution in [1.29, 1.82) is 0 Å². The summed E-state index contributed by atoms with van der Waals surface area (Å²) in [4.78, 5) is 18.6. The van der Waals surface area contributed by atoms with Crippen molar-refractivity contribution < 1.29 is 14.7 Å². The van der Waals surface area contributed by atoms with Crippen molar-refractivity contribution >= 4 is 11.7 Å². The van der Waals surface area contributed by atoms with Crippen LogP contribution in [0, 0.1) is 0 Å². The van der Waals surface area contributed by atoms with E-state index in [0.29, 0.717) is 6.42 Å². The molecule has 2 heterocycles. The van der Waals surface area contributed by atoms with Crippen molar-refractivity contribution in [3.63, 3.8) is 0 Å². The second-order valence-electron chi connectivity index (χ2n) is 5.95. The average molecular weight is 240 g/mol. The van der Waals surface area contributed by atoms with E-state index in [9.17, 15) is 4.79 Å². The van der Waals surface area contributed by atoms with Gasteiger partial charge in [-0.05, 0) is 20.8 Å². The van der Waals surface area contributed by atoms with Crippen molar-refractivity contribution in [2.24, 2.45) is 5.16 Å². The lowest BCUT2D eigenvalue weighted by Gasteiger charge is -2.43. The van der Waals surface area contributed by atoms with E-state index >= 15 is 0 Å². The number of carbonyl (C=O) groups is 1. The number of oxime groups is 1. The molecule has 0 bridgehead atoms. The third-order valence-electron chi connectivity index (χ3n) is 3.71. The molecular formula is C12H20N2O3. The molecule has 2 rings (SSSR count). The van der Waals surface area contributed by atoms with Crippen LogP contribution < -0.4 is 0 Å². The second-order valence-corrected chi connectivity index (χ2v) is 5.95. The monoisotopic (exact) mass is 240 g/mol. The van der Waals surface area contributed by atoms with E-state index in [0.717, 1.165) is 25.9 Å². The molecule has 1 spiro atoms. The summed E-state index contributed by atoms with van der Waals surface area (Å²) in [7, 11) is 0. The number of carboxylic acid groups (broad SMARTS) is 1. The maximum atomic E-state index is 10.8. The summed E-state index contributed by atoms with van der Waals surface area (Å²) < 4.78 is 0. The molecule has 1 saturated heterocycles. The Balaban J connectivity index is 1.95. The minimum atomic E-state index is -0.958. The Morgan fingerprint density at radius 2 is 2.00 bits per heavy atom. The van der Waals surface area contributed by atoms with Crippen LogP contribution in [0.25, 0.3) is 0 Å². The third kappa shape index (κ3) is 2.44. The van der Waals surface area contributed by atoms with Gasteiger partial charge in [0.15, 0.2) is 5.71 Å². The molecule has 2 aliphatic rings. The highest BCUT2D eigenvalue weighted by molar-refractivity contribution is 6.36. The molecule has 1 N–H and O–H groups in total.